The van der Waals surface area contributed by atoms with Gasteiger partial charge in [0.25, 0.3) is 5.91 Å². The van der Waals surface area contributed by atoms with Gasteiger partial charge in [-0.3, -0.25) is 4.79 Å². The number of likely N-dealkylation sites (N-methyl/N-ethyl adjacent to an activating group) is 1. The van der Waals surface area contributed by atoms with Crippen molar-refractivity contribution in [2.75, 3.05) is 80.0 Å². The molecular formula is C37H41Cl2N7O3. The topological polar surface area (TPSA) is 111 Å². The molecule has 0 aliphatic heterocycles. The molecule has 10 nitrogen and oxygen atoms in total. The highest BCUT2D eigenvalue weighted by Crippen LogP contribution is 2.38. The maximum atomic E-state index is 13.3. The lowest BCUT2D eigenvalue weighted by Gasteiger charge is -2.23. The number of benzene rings is 4. The average Bonchev–Trinajstić information content (AvgIpc) is 3.08. The number of rotatable bonds is 14. The minimum Gasteiger partial charge on any atom is -0.495 e. The van der Waals surface area contributed by atoms with E-state index in [1.54, 1.807) is 25.3 Å². The average molecular weight is 703 g/mol. The number of carbonyl (C=O) groups excluding carboxylic acids is 2. The van der Waals surface area contributed by atoms with Crippen molar-refractivity contribution < 1.29 is 14.3 Å². The van der Waals surface area contributed by atoms with Crippen LogP contribution in [0.3, 0.4) is 0 Å². The number of alkyl halides is 2. The summed E-state index contributed by atoms with van der Waals surface area (Å²) in [5.41, 5.74) is 6.37. The number of anilines is 5. The zero-order valence-corrected chi connectivity index (χ0v) is 29.6. The van der Waals surface area contributed by atoms with E-state index in [1.165, 1.54) is 0 Å². The van der Waals surface area contributed by atoms with Gasteiger partial charge in [0.1, 0.15) is 5.75 Å². The molecule has 0 atom stereocenters. The van der Waals surface area contributed by atoms with Crippen LogP contribution in [0.15, 0.2) is 78.9 Å². The van der Waals surface area contributed by atoms with Crippen LogP contribution in [0, 0.1) is 6.92 Å². The second-order valence-corrected chi connectivity index (χ2v) is 12.5. The predicted octanol–water partition coefficient (Wildman–Crippen LogP) is 7.67. The van der Waals surface area contributed by atoms with Crippen molar-refractivity contribution in [3.63, 3.8) is 0 Å². The van der Waals surface area contributed by atoms with Crippen LogP contribution in [0.5, 0.6) is 5.75 Å². The maximum Gasteiger partial charge on any atom is 0.323 e. The van der Waals surface area contributed by atoms with Crippen LogP contribution in [-0.2, 0) is 0 Å². The summed E-state index contributed by atoms with van der Waals surface area (Å²) < 4.78 is 5.72. The Labute approximate surface area is 296 Å². The lowest BCUT2D eigenvalue weighted by Crippen LogP contribution is -2.31. The monoisotopic (exact) mass is 701 g/mol. The SMILES string of the molecule is COc1ccc(NC(=O)Nc2ccc(N(CCCl)CCCl)cc2)cc1Nc1c2cccc(C)c2nc2c(C(=O)NCCN(C)C)cccc12. The zero-order valence-electron chi connectivity index (χ0n) is 28.1. The molecule has 1 aromatic heterocycles. The molecule has 0 aliphatic rings. The number of pyridine rings is 1. The number of nitrogens with one attached hydrogen (secondary N) is 4. The van der Waals surface area contributed by atoms with Crippen LogP contribution >= 0.6 is 23.2 Å². The molecule has 5 aromatic rings. The van der Waals surface area contributed by atoms with Gasteiger partial charge in [-0.2, -0.15) is 0 Å². The van der Waals surface area contributed by atoms with E-state index in [9.17, 15) is 9.59 Å². The van der Waals surface area contributed by atoms with Crippen molar-refractivity contribution >= 4 is 85.4 Å². The van der Waals surface area contributed by atoms with Gasteiger partial charge in [0.15, 0.2) is 0 Å². The minimum absolute atomic E-state index is 0.189. The first-order valence-corrected chi connectivity index (χ1v) is 17.0. The quantitative estimate of drug-likeness (QED) is 0.0695. The number of aromatic nitrogens is 1. The first-order chi connectivity index (χ1) is 23.7. The molecule has 1 heterocycles. The highest BCUT2D eigenvalue weighted by molar-refractivity contribution is 6.19. The number of carbonyl (C=O) groups is 2. The van der Waals surface area contributed by atoms with E-state index in [1.807, 2.05) is 86.6 Å². The zero-order chi connectivity index (χ0) is 34.9. The number of hydrogen-bond acceptors (Lipinski definition) is 7. The summed E-state index contributed by atoms with van der Waals surface area (Å²) in [4.78, 5) is 35.5. The van der Waals surface area contributed by atoms with Crippen molar-refractivity contribution in [3.05, 3.63) is 90.0 Å². The highest BCUT2D eigenvalue weighted by atomic mass is 35.5. The Hall–Kier alpha value is -4.77. The van der Waals surface area contributed by atoms with E-state index in [2.05, 4.69) is 26.2 Å². The normalized spacial score (nSPS) is 11.1. The van der Waals surface area contributed by atoms with E-state index in [4.69, 9.17) is 32.9 Å². The van der Waals surface area contributed by atoms with E-state index in [0.717, 1.165) is 39.8 Å². The molecule has 0 unspecified atom stereocenters. The van der Waals surface area contributed by atoms with E-state index >= 15 is 0 Å². The summed E-state index contributed by atoms with van der Waals surface area (Å²) in [5, 5.41) is 14.0. The smallest absolute Gasteiger partial charge is 0.323 e. The molecule has 49 heavy (non-hydrogen) atoms. The van der Waals surface area contributed by atoms with Crippen LogP contribution in [0.1, 0.15) is 15.9 Å². The van der Waals surface area contributed by atoms with Gasteiger partial charge < -0.3 is 35.8 Å². The fourth-order valence-electron chi connectivity index (χ4n) is 5.58. The standard InChI is InChI=1S/C37H41Cl2N7O3/c1-24-7-5-8-28-33(24)44-35-29(9-6-10-30(35)36(47)40-19-22-45(2)3)34(28)43-31-23-26(13-16-32(31)49-4)42-37(48)41-25-11-14-27(15-12-25)46(20-17-38)21-18-39/h5-16,23H,17-22H2,1-4H3,(H,40,47)(H,43,44)(H2,41,42,48). The summed E-state index contributed by atoms with van der Waals surface area (Å²) in [7, 11) is 5.52. The van der Waals surface area contributed by atoms with Crippen molar-refractivity contribution in [2.24, 2.45) is 0 Å². The van der Waals surface area contributed by atoms with Crippen molar-refractivity contribution in [3.8, 4) is 5.75 Å². The third-order valence-corrected chi connectivity index (χ3v) is 8.38. The molecule has 12 heteroatoms. The van der Waals surface area contributed by atoms with Gasteiger partial charge in [0.2, 0.25) is 0 Å². The van der Waals surface area contributed by atoms with Crippen molar-refractivity contribution in [1.82, 2.24) is 15.2 Å². The van der Waals surface area contributed by atoms with Crippen molar-refractivity contribution in [2.45, 2.75) is 6.92 Å². The maximum absolute atomic E-state index is 13.3. The number of amides is 3. The number of urea groups is 1. The molecule has 4 aromatic carbocycles. The third-order valence-electron chi connectivity index (χ3n) is 8.04. The Balaban J connectivity index is 1.43. The first kappa shape index (κ1) is 35.5. The van der Waals surface area contributed by atoms with Gasteiger partial charge in [-0.15, -0.1) is 23.2 Å². The van der Waals surface area contributed by atoms with Crippen LogP contribution < -0.4 is 30.9 Å². The Morgan fingerprint density at radius 1 is 0.816 bits per heavy atom. The largest absolute Gasteiger partial charge is 0.495 e. The number of methoxy groups -OCH3 is 1. The second-order valence-electron chi connectivity index (χ2n) is 11.7. The number of para-hydroxylation sites is 2. The van der Waals surface area contributed by atoms with Gasteiger partial charge in [-0.25, -0.2) is 9.78 Å². The highest BCUT2D eigenvalue weighted by Gasteiger charge is 2.18. The van der Waals surface area contributed by atoms with Crippen LogP contribution in [-0.4, -0.2) is 81.0 Å². The number of halogens is 2. The van der Waals surface area contributed by atoms with Gasteiger partial charge in [0.05, 0.1) is 35.1 Å². The molecule has 0 aliphatic carbocycles. The molecule has 0 saturated heterocycles. The summed E-state index contributed by atoms with van der Waals surface area (Å²) in [6.07, 6.45) is 0. The van der Waals surface area contributed by atoms with E-state index in [0.29, 0.717) is 65.3 Å². The van der Waals surface area contributed by atoms with Gasteiger partial charge in [-0.1, -0.05) is 30.3 Å². The number of aryl methyl sites for hydroxylation is 1. The number of ether oxygens (including phenoxy) is 1. The second kappa shape index (κ2) is 16.6. The minimum atomic E-state index is -0.400. The molecule has 0 spiro atoms. The Morgan fingerprint density at radius 2 is 1.47 bits per heavy atom. The fourth-order valence-corrected chi connectivity index (χ4v) is 5.99. The third kappa shape index (κ3) is 8.64. The van der Waals surface area contributed by atoms with Crippen LogP contribution in [0.25, 0.3) is 21.8 Å². The Bertz CT molecular complexity index is 1930. The van der Waals surface area contributed by atoms with E-state index < -0.39 is 6.03 Å². The summed E-state index contributed by atoms with van der Waals surface area (Å²) in [6.45, 7) is 4.58. The van der Waals surface area contributed by atoms with E-state index in [-0.39, 0.29) is 5.91 Å². The van der Waals surface area contributed by atoms with Crippen molar-refractivity contribution in [1.29, 1.82) is 0 Å². The Kier molecular flexibility index (Phi) is 12.0. The summed E-state index contributed by atoms with van der Waals surface area (Å²) in [5.74, 6) is 1.36. The molecule has 3 amide bonds. The molecular weight excluding hydrogens is 661 g/mol. The molecule has 256 valence electrons. The van der Waals surface area contributed by atoms with Crippen LogP contribution in [0.2, 0.25) is 0 Å². The fraction of sp³-hybridized carbons (Fsp3) is 0.270. The molecule has 0 saturated carbocycles. The first-order valence-electron chi connectivity index (χ1n) is 16.0. The van der Waals surface area contributed by atoms with Gasteiger partial charge in [-0.05, 0) is 75.1 Å². The number of nitrogens with zero attached hydrogens (tertiary/aromatic N) is 3. The summed E-state index contributed by atoms with van der Waals surface area (Å²) in [6, 6.07) is 24.1. The molecule has 0 fully saturated rings. The molecule has 4 N–H and O–H groups in total. The van der Waals surface area contributed by atoms with Gasteiger partial charge >= 0.3 is 6.03 Å². The number of fused-ring (bicyclic) bond motifs is 2. The summed E-state index contributed by atoms with van der Waals surface area (Å²) >= 11 is 11.9. The lowest BCUT2D eigenvalue weighted by atomic mass is 10.0. The molecule has 5 rings (SSSR count). The lowest BCUT2D eigenvalue weighted by molar-refractivity contribution is 0.0952. The van der Waals surface area contributed by atoms with Crippen LogP contribution in [0.4, 0.5) is 33.2 Å². The van der Waals surface area contributed by atoms with Gasteiger partial charge in [0, 0.05) is 65.8 Å². The Morgan fingerprint density at radius 3 is 2.14 bits per heavy atom. The predicted molar refractivity (Wildman–Crippen MR) is 204 cm³/mol. The molecule has 0 bridgehead atoms. The number of hydrogen-bond donors (Lipinski definition) is 4. The molecule has 0 radical (unpaired) electrons.